The molecule has 0 saturated heterocycles. The molecule has 5 heteroatoms. The molecule has 1 aliphatic carbocycles. The van der Waals surface area contributed by atoms with Crippen LogP contribution in [0.1, 0.15) is 24.0 Å². The van der Waals surface area contributed by atoms with Crippen LogP contribution < -0.4 is 15.4 Å². The van der Waals surface area contributed by atoms with Gasteiger partial charge in [0.25, 0.3) is 0 Å². The summed E-state index contributed by atoms with van der Waals surface area (Å²) in [5.41, 5.74) is 2.55. The zero-order valence-electron chi connectivity index (χ0n) is 14.2. The smallest absolute Gasteiger partial charge is 0.228 e. The van der Waals surface area contributed by atoms with Crippen molar-refractivity contribution >= 4 is 17.5 Å². The summed E-state index contributed by atoms with van der Waals surface area (Å²) in [6, 6.07) is 15.2. The molecule has 0 radical (unpaired) electrons. The van der Waals surface area contributed by atoms with E-state index >= 15 is 0 Å². The highest BCUT2D eigenvalue weighted by atomic mass is 16.5. The fourth-order valence-corrected chi connectivity index (χ4v) is 2.57. The molecule has 2 aromatic carbocycles. The maximum atomic E-state index is 12.2. The zero-order valence-corrected chi connectivity index (χ0v) is 14.2. The van der Waals surface area contributed by atoms with Gasteiger partial charge in [0.15, 0.2) is 0 Å². The number of rotatable bonds is 7. The first-order valence-corrected chi connectivity index (χ1v) is 8.43. The lowest BCUT2D eigenvalue weighted by Crippen LogP contribution is -2.26. The van der Waals surface area contributed by atoms with Crippen molar-refractivity contribution < 1.29 is 14.3 Å². The second kappa shape index (κ2) is 7.83. The van der Waals surface area contributed by atoms with Gasteiger partial charge in [0.05, 0.1) is 20.0 Å². The van der Waals surface area contributed by atoms with Gasteiger partial charge in [0.2, 0.25) is 11.8 Å². The fourth-order valence-electron chi connectivity index (χ4n) is 2.57. The molecule has 25 heavy (non-hydrogen) atoms. The number of carbonyl (C=O) groups excluding carboxylic acids is 2. The number of hydrogen-bond donors (Lipinski definition) is 2. The summed E-state index contributed by atoms with van der Waals surface area (Å²) in [5.74, 6) is 0.698. The Bertz CT molecular complexity index is 752. The van der Waals surface area contributed by atoms with Crippen LogP contribution in [-0.2, 0) is 22.4 Å². The maximum absolute atomic E-state index is 12.2. The van der Waals surface area contributed by atoms with Crippen LogP contribution in [0.3, 0.4) is 0 Å². The summed E-state index contributed by atoms with van der Waals surface area (Å²) >= 11 is 0. The number of amides is 2. The Hall–Kier alpha value is -2.82. The van der Waals surface area contributed by atoms with Gasteiger partial charge >= 0.3 is 0 Å². The molecule has 0 spiro atoms. The van der Waals surface area contributed by atoms with Crippen molar-refractivity contribution in [3.63, 3.8) is 0 Å². The first-order valence-electron chi connectivity index (χ1n) is 8.43. The van der Waals surface area contributed by atoms with Gasteiger partial charge in [-0.1, -0.05) is 24.3 Å². The predicted octanol–water partition coefficient (Wildman–Crippen LogP) is 2.70. The van der Waals surface area contributed by atoms with E-state index in [4.69, 9.17) is 4.74 Å². The molecule has 5 nitrogen and oxygen atoms in total. The van der Waals surface area contributed by atoms with E-state index < -0.39 is 0 Å². The molecule has 0 aliphatic heterocycles. The van der Waals surface area contributed by atoms with Crippen molar-refractivity contribution in [2.45, 2.75) is 31.7 Å². The largest absolute Gasteiger partial charge is 0.497 e. The predicted molar refractivity (Wildman–Crippen MR) is 96.6 cm³/mol. The van der Waals surface area contributed by atoms with Crippen molar-refractivity contribution in [2.75, 3.05) is 12.4 Å². The zero-order chi connectivity index (χ0) is 17.6. The van der Waals surface area contributed by atoms with E-state index in [1.807, 2.05) is 48.5 Å². The van der Waals surface area contributed by atoms with Crippen LogP contribution in [0.15, 0.2) is 48.5 Å². The quantitative estimate of drug-likeness (QED) is 0.816. The summed E-state index contributed by atoms with van der Waals surface area (Å²) in [5, 5.41) is 5.84. The average molecular weight is 338 g/mol. The molecule has 130 valence electrons. The SMILES string of the molecule is COc1cccc(CC(=O)Nc2ccc(CC(=O)NC3CC3)cc2)c1. The molecule has 1 fully saturated rings. The lowest BCUT2D eigenvalue weighted by Gasteiger charge is -2.08. The molecule has 0 bridgehead atoms. The van der Waals surface area contributed by atoms with Crippen molar-refractivity contribution in [1.29, 1.82) is 0 Å². The fraction of sp³-hybridized carbons (Fsp3) is 0.300. The van der Waals surface area contributed by atoms with E-state index in [2.05, 4.69) is 10.6 Å². The van der Waals surface area contributed by atoms with Crippen LogP contribution in [0.4, 0.5) is 5.69 Å². The second-order valence-electron chi connectivity index (χ2n) is 6.29. The van der Waals surface area contributed by atoms with E-state index in [9.17, 15) is 9.59 Å². The molecular formula is C20H22N2O3. The molecule has 2 aromatic rings. The van der Waals surface area contributed by atoms with Gasteiger partial charge in [0, 0.05) is 11.7 Å². The molecule has 2 N–H and O–H groups in total. The normalized spacial score (nSPS) is 13.2. The third-order valence-corrected chi connectivity index (χ3v) is 4.04. The van der Waals surface area contributed by atoms with Gasteiger partial charge < -0.3 is 15.4 Å². The van der Waals surface area contributed by atoms with E-state index in [0.717, 1.165) is 35.4 Å². The van der Waals surface area contributed by atoms with E-state index in [1.165, 1.54) is 0 Å². The number of hydrogen-bond acceptors (Lipinski definition) is 3. The second-order valence-corrected chi connectivity index (χ2v) is 6.29. The molecule has 0 atom stereocenters. The number of ether oxygens (including phenoxy) is 1. The van der Waals surface area contributed by atoms with Gasteiger partial charge in [0.1, 0.15) is 5.75 Å². The first kappa shape index (κ1) is 17.0. The minimum absolute atomic E-state index is 0.0531. The molecular weight excluding hydrogens is 316 g/mol. The van der Waals surface area contributed by atoms with Gasteiger partial charge in [-0.05, 0) is 48.2 Å². The van der Waals surface area contributed by atoms with Crippen LogP contribution in [0, 0.1) is 0 Å². The van der Waals surface area contributed by atoms with Crippen LogP contribution >= 0.6 is 0 Å². The lowest BCUT2D eigenvalue weighted by molar-refractivity contribution is -0.120. The third kappa shape index (κ3) is 5.35. The Morgan fingerprint density at radius 1 is 1.00 bits per heavy atom. The van der Waals surface area contributed by atoms with Crippen LogP contribution in [0.25, 0.3) is 0 Å². The summed E-state index contributed by atoms with van der Waals surface area (Å²) in [4.78, 5) is 23.9. The molecule has 0 heterocycles. The highest BCUT2D eigenvalue weighted by Crippen LogP contribution is 2.19. The van der Waals surface area contributed by atoms with Crippen LogP contribution in [0.2, 0.25) is 0 Å². The van der Waals surface area contributed by atoms with Crippen molar-refractivity contribution in [3.8, 4) is 5.75 Å². The maximum Gasteiger partial charge on any atom is 0.228 e. The standard InChI is InChI=1S/C20H22N2O3/c1-25-18-4-2-3-15(11-18)13-20(24)21-16-7-5-14(6-8-16)12-19(23)22-17-9-10-17/h2-8,11,17H,9-10,12-13H2,1H3,(H,21,24)(H,22,23). The average Bonchev–Trinajstić information content (AvgIpc) is 3.40. The Morgan fingerprint density at radius 3 is 2.40 bits per heavy atom. The number of methoxy groups -OCH3 is 1. The summed E-state index contributed by atoms with van der Waals surface area (Å²) in [7, 11) is 1.60. The minimum Gasteiger partial charge on any atom is -0.497 e. The molecule has 1 saturated carbocycles. The Morgan fingerprint density at radius 2 is 1.72 bits per heavy atom. The highest BCUT2D eigenvalue weighted by Gasteiger charge is 2.23. The number of nitrogens with one attached hydrogen (secondary N) is 2. The molecule has 0 aromatic heterocycles. The minimum atomic E-state index is -0.0903. The van der Waals surface area contributed by atoms with Gasteiger partial charge in [-0.2, -0.15) is 0 Å². The van der Waals surface area contributed by atoms with Crippen LogP contribution in [-0.4, -0.2) is 25.0 Å². The number of benzene rings is 2. The number of carbonyl (C=O) groups is 2. The van der Waals surface area contributed by atoms with Gasteiger partial charge in [-0.25, -0.2) is 0 Å². The van der Waals surface area contributed by atoms with E-state index in [-0.39, 0.29) is 18.2 Å². The van der Waals surface area contributed by atoms with Crippen molar-refractivity contribution in [2.24, 2.45) is 0 Å². The van der Waals surface area contributed by atoms with Gasteiger partial charge in [-0.3, -0.25) is 9.59 Å². The summed E-state index contributed by atoms with van der Waals surface area (Å²) < 4.78 is 5.16. The Balaban J connectivity index is 1.51. The van der Waals surface area contributed by atoms with Crippen LogP contribution in [0.5, 0.6) is 5.75 Å². The molecule has 3 rings (SSSR count). The highest BCUT2D eigenvalue weighted by molar-refractivity contribution is 5.92. The summed E-state index contributed by atoms with van der Waals surface area (Å²) in [6.45, 7) is 0. The van der Waals surface area contributed by atoms with E-state index in [0.29, 0.717) is 12.5 Å². The van der Waals surface area contributed by atoms with Gasteiger partial charge in [-0.15, -0.1) is 0 Å². The Labute approximate surface area is 147 Å². The summed E-state index contributed by atoms with van der Waals surface area (Å²) in [6.07, 6.45) is 2.82. The van der Waals surface area contributed by atoms with Crippen molar-refractivity contribution in [1.82, 2.24) is 5.32 Å². The first-order chi connectivity index (χ1) is 12.1. The lowest BCUT2D eigenvalue weighted by atomic mass is 10.1. The van der Waals surface area contributed by atoms with Crippen molar-refractivity contribution in [3.05, 3.63) is 59.7 Å². The molecule has 0 unspecified atom stereocenters. The molecule has 2 amide bonds. The topological polar surface area (TPSA) is 67.4 Å². The Kier molecular flexibility index (Phi) is 5.33. The third-order valence-electron chi connectivity index (χ3n) is 4.04. The monoisotopic (exact) mass is 338 g/mol. The molecule has 1 aliphatic rings. The van der Waals surface area contributed by atoms with E-state index in [1.54, 1.807) is 7.11 Å². The number of anilines is 1.